The fourth-order valence-corrected chi connectivity index (χ4v) is 3.20. The summed E-state index contributed by atoms with van der Waals surface area (Å²) in [6.07, 6.45) is 10.8. The van der Waals surface area contributed by atoms with Crippen LogP contribution in [0.15, 0.2) is 71.5 Å². The second-order valence-corrected chi connectivity index (χ2v) is 6.89. The molecule has 4 aromatic heterocycles. The van der Waals surface area contributed by atoms with E-state index < -0.39 is 0 Å². The summed E-state index contributed by atoms with van der Waals surface area (Å²) in [5.41, 5.74) is 7.86. The zero-order valence-electron chi connectivity index (χ0n) is 15.9. The molecule has 0 aliphatic carbocycles. The number of hydrogen-bond donors (Lipinski definition) is 3. The Morgan fingerprint density at radius 1 is 0.600 bits per heavy atom. The highest BCUT2D eigenvalue weighted by molar-refractivity contribution is 5.77. The van der Waals surface area contributed by atoms with Crippen LogP contribution in [0, 0.1) is 0 Å². The zero-order valence-corrected chi connectivity index (χ0v) is 15.9. The van der Waals surface area contributed by atoms with Crippen LogP contribution in [0.2, 0.25) is 0 Å². The number of aromatic nitrogens is 4. The summed E-state index contributed by atoms with van der Waals surface area (Å²) in [5.74, 6) is 0.176. The van der Waals surface area contributed by atoms with Gasteiger partial charge in [0.1, 0.15) is 6.26 Å². The molecular formula is C24H18N4O2. The van der Waals surface area contributed by atoms with Gasteiger partial charge >= 0.3 is 0 Å². The Morgan fingerprint density at radius 3 is 1.27 bits per heavy atom. The van der Waals surface area contributed by atoms with Crippen molar-refractivity contribution in [2.24, 2.45) is 0 Å². The Hall–Kier alpha value is -4.32. The molecule has 6 heterocycles. The predicted molar refractivity (Wildman–Crippen MR) is 119 cm³/mol. The van der Waals surface area contributed by atoms with E-state index in [1.54, 1.807) is 0 Å². The van der Waals surface area contributed by atoms with Crippen molar-refractivity contribution >= 4 is 46.4 Å². The lowest BCUT2D eigenvalue weighted by atomic mass is 10.3. The van der Waals surface area contributed by atoms with Gasteiger partial charge in [-0.15, -0.1) is 0 Å². The summed E-state index contributed by atoms with van der Waals surface area (Å²) >= 11 is 0. The molecule has 6 heteroatoms. The maximum atomic E-state index is 8.38. The lowest BCUT2D eigenvalue weighted by Gasteiger charge is -1.85. The number of H-pyrrole nitrogens is 2. The molecule has 30 heavy (non-hydrogen) atoms. The first kappa shape index (κ1) is 17.8. The van der Waals surface area contributed by atoms with Gasteiger partial charge in [-0.25, -0.2) is 9.97 Å². The van der Waals surface area contributed by atoms with Crippen molar-refractivity contribution in [2.75, 3.05) is 0 Å². The second kappa shape index (κ2) is 7.60. The van der Waals surface area contributed by atoms with Crippen molar-refractivity contribution in [2.45, 2.75) is 0 Å². The molecule has 0 saturated carbocycles. The normalized spacial score (nSPS) is 11.9. The minimum atomic E-state index is 0.176. The van der Waals surface area contributed by atoms with Gasteiger partial charge in [-0.2, -0.15) is 0 Å². The standard InChI is InChI=1S/C20H14N4.C4H4O2/c1-2-14-10-16-5-6-18(23-16)12-20-8-7-19(24-20)11-17-4-3-15(22-17)9-13(1)21-14;5-4-1-2-6-3-4/h1-12,21,24H;1-3,5H. The number of nitrogens with zero attached hydrogens (tertiary/aromatic N) is 2. The maximum absolute atomic E-state index is 8.38. The number of nitrogens with one attached hydrogen (secondary N) is 2. The van der Waals surface area contributed by atoms with E-state index in [0.29, 0.717) is 0 Å². The Labute approximate surface area is 171 Å². The highest BCUT2D eigenvalue weighted by Gasteiger charge is 2.01. The summed E-state index contributed by atoms with van der Waals surface area (Å²) in [7, 11) is 0. The molecule has 6 rings (SSSR count). The van der Waals surface area contributed by atoms with E-state index in [9.17, 15) is 0 Å². The summed E-state index contributed by atoms with van der Waals surface area (Å²) in [4.78, 5) is 16.0. The monoisotopic (exact) mass is 394 g/mol. The largest absolute Gasteiger partial charge is 0.505 e. The predicted octanol–water partition coefficient (Wildman–Crippen LogP) is 5.64. The zero-order chi connectivity index (χ0) is 20.3. The average Bonchev–Trinajstić information content (AvgIpc) is 3.52. The third kappa shape index (κ3) is 4.07. The molecule has 0 amide bonds. The highest BCUT2D eigenvalue weighted by atomic mass is 16.3. The fourth-order valence-electron chi connectivity index (χ4n) is 3.20. The van der Waals surface area contributed by atoms with Gasteiger partial charge in [0.05, 0.1) is 29.0 Å². The van der Waals surface area contributed by atoms with Gasteiger partial charge < -0.3 is 19.5 Å². The van der Waals surface area contributed by atoms with Gasteiger partial charge in [0.2, 0.25) is 0 Å². The topological polar surface area (TPSA) is 90.7 Å². The molecule has 0 aromatic carbocycles. The molecule has 146 valence electrons. The SMILES string of the molecule is C1=Cc2cc3ccc(cc4nc(cc5ccc(cc1n2)[nH]5)C=C4)[nH]3.Oc1ccoc1. The smallest absolute Gasteiger partial charge is 0.153 e. The van der Waals surface area contributed by atoms with E-state index in [-0.39, 0.29) is 5.75 Å². The first-order valence-electron chi connectivity index (χ1n) is 9.45. The van der Waals surface area contributed by atoms with E-state index in [1.165, 1.54) is 18.6 Å². The fraction of sp³-hybridized carbons (Fsp3) is 0. The van der Waals surface area contributed by atoms with E-state index in [0.717, 1.165) is 44.8 Å². The molecule has 3 N–H and O–H groups in total. The van der Waals surface area contributed by atoms with Gasteiger partial charge in [-0.05, 0) is 72.8 Å². The lowest BCUT2D eigenvalue weighted by Crippen LogP contribution is -1.75. The minimum Gasteiger partial charge on any atom is -0.505 e. The molecule has 0 fully saturated rings. The molecule has 0 saturated heterocycles. The summed E-state index contributed by atoms with van der Waals surface area (Å²) in [6.45, 7) is 0. The molecule has 0 spiro atoms. The van der Waals surface area contributed by atoms with Gasteiger partial charge in [0.15, 0.2) is 5.75 Å². The number of aromatic amines is 2. The minimum absolute atomic E-state index is 0.176. The van der Waals surface area contributed by atoms with Crippen LogP contribution in [0.4, 0.5) is 0 Å². The van der Waals surface area contributed by atoms with Crippen LogP contribution in [0.25, 0.3) is 46.4 Å². The summed E-state index contributed by atoms with van der Waals surface area (Å²) in [5, 5.41) is 8.38. The van der Waals surface area contributed by atoms with E-state index in [4.69, 9.17) is 5.11 Å². The molecule has 2 aliphatic rings. The second-order valence-electron chi connectivity index (χ2n) is 6.89. The van der Waals surface area contributed by atoms with Crippen LogP contribution in [0.1, 0.15) is 22.8 Å². The van der Waals surface area contributed by atoms with Crippen molar-refractivity contribution in [1.29, 1.82) is 0 Å². The number of rotatable bonds is 0. The van der Waals surface area contributed by atoms with Crippen LogP contribution >= 0.6 is 0 Å². The number of aromatic hydroxyl groups is 1. The highest BCUT2D eigenvalue weighted by Crippen LogP contribution is 2.17. The molecular weight excluding hydrogens is 376 g/mol. The molecule has 4 aromatic rings. The van der Waals surface area contributed by atoms with Crippen molar-refractivity contribution in [1.82, 2.24) is 19.9 Å². The Bertz CT molecular complexity index is 1230. The lowest BCUT2D eigenvalue weighted by molar-refractivity contribution is 0.458. The van der Waals surface area contributed by atoms with Gasteiger partial charge in [-0.1, -0.05) is 0 Å². The average molecular weight is 394 g/mol. The van der Waals surface area contributed by atoms with Crippen LogP contribution in [-0.2, 0) is 0 Å². The Balaban J connectivity index is 0.000000279. The molecule has 2 aliphatic heterocycles. The number of furan rings is 1. The van der Waals surface area contributed by atoms with Gasteiger partial charge in [-0.3, -0.25) is 0 Å². The van der Waals surface area contributed by atoms with Crippen molar-refractivity contribution in [3.8, 4) is 5.75 Å². The molecule has 0 radical (unpaired) electrons. The van der Waals surface area contributed by atoms with Crippen molar-refractivity contribution in [3.63, 3.8) is 0 Å². The molecule has 0 atom stereocenters. The van der Waals surface area contributed by atoms with Crippen molar-refractivity contribution in [3.05, 3.63) is 89.9 Å². The van der Waals surface area contributed by atoms with E-state index >= 15 is 0 Å². The molecule has 6 nitrogen and oxygen atoms in total. The summed E-state index contributed by atoms with van der Waals surface area (Å²) < 4.78 is 4.46. The van der Waals surface area contributed by atoms with E-state index in [1.807, 2.05) is 48.6 Å². The first-order valence-corrected chi connectivity index (χ1v) is 9.45. The third-order valence-corrected chi connectivity index (χ3v) is 4.55. The Kier molecular flexibility index (Phi) is 4.50. The van der Waals surface area contributed by atoms with Crippen LogP contribution in [-0.4, -0.2) is 25.0 Å². The third-order valence-electron chi connectivity index (χ3n) is 4.55. The number of fused-ring (bicyclic) bond motifs is 8. The molecule has 8 bridgehead atoms. The van der Waals surface area contributed by atoms with Crippen LogP contribution < -0.4 is 0 Å². The first-order chi connectivity index (χ1) is 14.7. The Morgan fingerprint density at radius 2 is 1.00 bits per heavy atom. The van der Waals surface area contributed by atoms with Gasteiger partial charge in [0.25, 0.3) is 0 Å². The number of hydrogen-bond acceptors (Lipinski definition) is 4. The summed E-state index contributed by atoms with van der Waals surface area (Å²) in [6, 6.07) is 17.8. The van der Waals surface area contributed by atoms with Gasteiger partial charge in [0, 0.05) is 28.1 Å². The van der Waals surface area contributed by atoms with Crippen LogP contribution in [0.3, 0.4) is 0 Å². The molecule has 0 unspecified atom stereocenters. The van der Waals surface area contributed by atoms with Crippen LogP contribution in [0.5, 0.6) is 5.75 Å². The quantitative estimate of drug-likeness (QED) is 0.311. The maximum Gasteiger partial charge on any atom is 0.153 e. The van der Waals surface area contributed by atoms with Crippen molar-refractivity contribution < 1.29 is 9.52 Å². The van der Waals surface area contributed by atoms with E-state index in [2.05, 4.69) is 48.6 Å².